The standard InChI is InChI=1S/C18H18N4O2/c1-3-24-18(23)14-10-16-17-13(8-9-21(16)20-14)11-19-22(17)15-7-5-4-6-12(15)2/h4-7,10-11H,3,8-9H2,1-2H3. The summed E-state index contributed by atoms with van der Waals surface area (Å²) in [5.74, 6) is -0.386. The van der Waals surface area contributed by atoms with Crippen molar-refractivity contribution in [1.29, 1.82) is 0 Å². The number of para-hydroxylation sites is 1. The number of nitrogens with zero attached hydrogens (tertiary/aromatic N) is 4. The van der Waals surface area contributed by atoms with Crippen LogP contribution in [0.15, 0.2) is 36.5 Å². The summed E-state index contributed by atoms with van der Waals surface area (Å²) in [5.41, 5.74) is 5.59. The molecule has 0 spiro atoms. The van der Waals surface area contributed by atoms with Crippen LogP contribution in [0.1, 0.15) is 28.5 Å². The zero-order chi connectivity index (χ0) is 16.7. The maximum Gasteiger partial charge on any atom is 0.358 e. The van der Waals surface area contributed by atoms with E-state index in [4.69, 9.17) is 4.74 Å². The van der Waals surface area contributed by atoms with E-state index in [1.165, 1.54) is 5.56 Å². The Labute approximate surface area is 139 Å². The van der Waals surface area contributed by atoms with E-state index in [0.717, 1.165) is 35.6 Å². The number of hydrogen-bond acceptors (Lipinski definition) is 4. The minimum absolute atomic E-state index is 0.341. The van der Waals surface area contributed by atoms with Gasteiger partial charge in [-0.3, -0.25) is 4.68 Å². The van der Waals surface area contributed by atoms with Crippen molar-refractivity contribution in [3.8, 4) is 17.1 Å². The summed E-state index contributed by atoms with van der Waals surface area (Å²) in [5, 5.41) is 8.98. The van der Waals surface area contributed by atoms with Crippen LogP contribution in [0.2, 0.25) is 0 Å². The summed E-state index contributed by atoms with van der Waals surface area (Å²) in [6.07, 6.45) is 2.75. The average Bonchev–Trinajstić information content (AvgIpc) is 3.19. The molecule has 3 aromatic rings. The molecule has 0 amide bonds. The van der Waals surface area contributed by atoms with Gasteiger partial charge in [0.1, 0.15) is 0 Å². The van der Waals surface area contributed by atoms with E-state index >= 15 is 0 Å². The topological polar surface area (TPSA) is 61.9 Å². The van der Waals surface area contributed by atoms with Crippen molar-refractivity contribution in [3.05, 3.63) is 53.3 Å². The van der Waals surface area contributed by atoms with Crippen LogP contribution in [0.4, 0.5) is 0 Å². The third-order valence-corrected chi connectivity index (χ3v) is 4.29. The molecule has 0 aliphatic carbocycles. The largest absolute Gasteiger partial charge is 0.461 e. The lowest BCUT2D eigenvalue weighted by Crippen LogP contribution is -2.14. The fourth-order valence-electron chi connectivity index (χ4n) is 3.13. The van der Waals surface area contributed by atoms with Gasteiger partial charge in [0, 0.05) is 18.2 Å². The predicted molar refractivity (Wildman–Crippen MR) is 89.2 cm³/mol. The average molecular weight is 322 g/mol. The maximum absolute atomic E-state index is 12.0. The zero-order valence-corrected chi connectivity index (χ0v) is 13.7. The number of esters is 1. The number of hydrogen-bond donors (Lipinski definition) is 0. The minimum Gasteiger partial charge on any atom is -0.461 e. The lowest BCUT2D eigenvalue weighted by atomic mass is 10.1. The zero-order valence-electron chi connectivity index (χ0n) is 13.7. The van der Waals surface area contributed by atoms with E-state index in [1.54, 1.807) is 13.0 Å². The second-order valence-corrected chi connectivity index (χ2v) is 5.83. The molecule has 4 rings (SSSR count). The van der Waals surface area contributed by atoms with E-state index in [2.05, 4.69) is 23.2 Å². The first-order chi connectivity index (χ1) is 11.7. The van der Waals surface area contributed by atoms with Crippen molar-refractivity contribution in [2.45, 2.75) is 26.8 Å². The number of benzene rings is 1. The number of aromatic nitrogens is 4. The molecule has 6 heteroatoms. The molecule has 24 heavy (non-hydrogen) atoms. The molecule has 3 heterocycles. The second kappa shape index (κ2) is 5.63. The Morgan fingerprint density at radius 2 is 2.17 bits per heavy atom. The highest BCUT2D eigenvalue weighted by Crippen LogP contribution is 2.32. The fraction of sp³-hybridized carbons (Fsp3) is 0.278. The summed E-state index contributed by atoms with van der Waals surface area (Å²) in [4.78, 5) is 12.0. The van der Waals surface area contributed by atoms with Crippen LogP contribution in [0.3, 0.4) is 0 Å². The van der Waals surface area contributed by atoms with Crippen LogP contribution >= 0.6 is 0 Å². The first kappa shape index (κ1) is 14.7. The Hall–Kier alpha value is -2.89. The summed E-state index contributed by atoms with van der Waals surface area (Å²) in [6, 6.07) is 9.92. The highest BCUT2D eigenvalue weighted by Gasteiger charge is 2.26. The lowest BCUT2D eigenvalue weighted by molar-refractivity contribution is 0.0518. The Morgan fingerprint density at radius 3 is 2.96 bits per heavy atom. The van der Waals surface area contributed by atoms with Crippen LogP contribution in [0.25, 0.3) is 17.1 Å². The summed E-state index contributed by atoms with van der Waals surface area (Å²) in [6.45, 7) is 4.93. The monoisotopic (exact) mass is 322 g/mol. The molecule has 2 aromatic heterocycles. The molecule has 0 saturated heterocycles. The van der Waals surface area contributed by atoms with Gasteiger partial charge in [-0.25, -0.2) is 9.48 Å². The Balaban J connectivity index is 1.85. The van der Waals surface area contributed by atoms with Gasteiger partial charge in [-0.15, -0.1) is 0 Å². The molecule has 6 nitrogen and oxygen atoms in total. The van der Waals surface area contributed by atoms with Crippen LogP contribution in [0, 0.1) is 6.92 Å². The third kappa shape index (κ3) is 2.22. The lowest BCUT2D eigenvalue weighted by Gasteiger charge is -2.17. The van der Waals surface area contributed by atoms with Gasteiger partial charge in [-0.1, -0.05) is 18.2 Å². The van der Waals surface area contributed by atoms with Crippen molar-refractivity contribution in [2.24, 2.45) is 0 Å². The smallest absolute Gasteiger partial charge is 0.358 e. The van der Waals surface area contributed by atoms with E-state index in [9.17, 15) is 4.79 Å². The molecule has 1 aliphatic heterocycles. The Bertz CT molecular complexity index is 923. The minimum atomic E-state index is -0.386. The molecule has 1 aromatic carbocycles. The van der Waals surface area contributed by atoms with E-state index in [-0.39, 0.29) is 5.97 Å². The highest BCUT2D eigenvalue weighted by molar-refractivity contribution is 5.89. The number of carbonyl (C=O) groups excluding carboxylic acids is 1. The van der Waals surface area contributed by atoms with E-state index in [0.29, 0.717) is 12.3 Å². The van der Waals surface area contributed by atoms with Crippen LogP contribution in [-0.4, -0.2) is 32.1 Å². The quantitative estimate of drug-likeness (QED) is 0.696. The van der Waals surface area contributed by atoms with Crippen LogP contribution < -0.4 is 0 Å². The molecule has 0 N–H and O–H groups in total. The normalized spacial score (nSPS) is 12.6. The number of rotatable bonds is 3. The molecule has 0 bridgehead atoms. The summed E-state index contributed by atoms with van der Waals surface area (Å²) >= 11 is 0. The molecule has 0 saturated carbocycles. The highest BCUT2D eigenvalue weighted by atomic mass is 16.5. The SMILES string of the molecule is CCOC(=O)c1cc2n(n1)CCc1cnn(-c3ccccc3C)c1-2. The van der Waals surface area contributed by atoms with Crippen LogP contribution in [0.5, 0.6) is 0 Å². The van der Waals surface area contributed by atoms with Crippen molar-refractivity contribution >= 4 is 5.97 Å². The molecular weight excluding hydrogens is 304 g/mol. The molecular formula is C18H18N4O2. The predicted octanol–water partition coefficient (Wildman–Crippen LogP) is 2.78. The number of carbonyl (C=O) groups is 1. The van der Waals surface area contributed by atoms with Crippen molar-refractivity contribution in [3.63, 3.8) is 0 Å². The summed E-state index contributed by atoms with van der Waals surface area (Å²) in [7, 11) is 0. The van der Waals surface area contributed by atoms with Crippen molar-refractivity contribution < 1.29 is 9.53 Å². The first-order valence-electron chi connectivity index (χ1n) is 8.07. The first-order valence-corrected chi connectivity index (χ1v) is 8.07. The Morgan fingerprint density at radius 1 is 1.33 bits per heavy atom. The molecule has 0 fully saturated rings. The molecule has 0 unspecified atom stereocenters. The third-order valence-electron chi connectivity index (χ3n) is 4.29. The number of aryl methyl sites for hydroxylation is 3. The van der Waals surface area contributed by atoms with Gasteiger partial charge in [0.15, 0.2) is 5.69 Å². The van der Waals surface area contributed by atoms with Gasteiger partial charge in [0.25, 0.3) is 0 Å². The van der Waals surface area contributed by atoms with Gasteiger partial charge in [0.05, 0.1) is 29.9 Å². The molecule has 0 radical (unpaired) electrons. The van der Waals surface area contributed by atoms with Gasteiger partial charge < -0.3 is 4.74 Å². The van der Waals surface area contributed by atoms with Gasteiger partial charge in [-0.2, -0.15) is 10.2 Å². The molecule has 122 valence electrons. The second-order valence-electron chi connectivity index (χ2n) is 5.83. The van der Waals surface area contributed by atoms with Gasteiger partial charge in [-0.05, 0) is 31.9 Å². The molecule has 0 atom stereocenters. The Kier molecular flexibility index (Phi) is 3.45. The van der Waals surface area contributed by atoms with Gasteiger partial charge >= 0.3 is 5.97 Å². The van der Waals surface area contributed by atoms with Crippen molar-refractivity contribution in [2.75, 3.05) is 6.61 Å². The van der Waals surface area contributed by atoms with Crippen molar-refractivity contribution in [1.82, 2.24) is 19.6 Å². The van der Waals surface area contributed by atoms with Crippen LogP contribution in [-0.2, 0) is 17.7 Å². The van der Waals surface area contributed by atoms with E-state index in [1.807, 2.05) is 33.8 Å². The summed E-state index contributed by atoms with van der Waals surface area (Å²) < 4.78 is 8.87. The number of ether oxygens (including phenoxy) is 1. The maximum atomic E-state index is 12.0. The van der Waals surface area contributed by atoms with E-state index < -0.39 is 0 Å². The van der Waals surface area contributed by atoms with Gasteiger partial charge in [0.2, 0.25) is 0 Å². The number of fused-ring (bicyclic) bond motifs is 3. The fourth-order valence-corrected chi connectivity index (χ4v) is 3.13. The molecule has 1 aliphatic rings.